The van der Waals surface area contributed by atoms with Crippen molar-refractivity contribution >= 4 is 29.4 Å². The lowest BCUT2D eigenvalue weighted by Gasteiger charge is -2.20. The molecule has 10 heteroatoms. The minimum absolute atomic E-state index is 0.172. The number of carboxylic acids is 1. The second-order valence-electron chi connectivity index (χ2n) is 5.83. The number of hydrogen-bond donors (Lipinski definition) is 2. The molecule has 2 aliphatic heterocycles. The highest BCUT2D eigenvalue weighted by atomic mass is 35.5. The van der Waals surface area contributed by atoms with Gasteiger partial charge in [-0.15, -0.1) is 0 Å². The third kappa shape index (κ3) is 5.08. The molecule has 0 radical (unpaired) electrons. The number of imide groups is 1. The molecule has 27 heavy (non-hydrogen) atoms. The minimum atomic E-state index is -5.08. The Hall–Kier alpha value is -2.39. The Bertz CT molecular complexity index is 750. The van der Waals surface area contributed by atoms with Crippen LogP contribution in [-0.4, -0.2) is 53.6 Å². The number of carbonyl (C=O) groups excluding carboxylic acids is 2. The molecule has 0 bridgehead atoms. The van der Waals surface area contributed by atoms with Crippen LogP contribution in [0.5, 0.6) is 0 Å². The predicted octanol–water partition coefficient (Wildman–Crippen LogP) is 2.79. The number of benzene rings is 1. The first kappa shape index (κ1) is 20.9. The Morgan fingerprint density at radius 2 is 1.70 bits per heavy atom. The maximum atomic E-state index is 12.2. The van der Waals surface area contributed by atoms with Crippen molar-refractivity contribution in [1.29, 1.82) is 0 Å². The van der Waals surface area contributed by atoms with Crippen LogP contribution in [-0.2, 0) is 4.79 Å². The lowest BCUT2D eigenvalue weighted by molar-refractivity contribution is -0.192. The second kappa shape index (κ2) is 8.53. The largest absolute Gasteiger partial charge is 0.490 e. The zero-order valence-electron chi connectivity index (χ0n) is 14.0. The molecule has 1 saturated heterocycles. The first-order valence-electron chi connectivity index (χ1n) is 7.95. The summed E-state index contributed by atoms with van der Waals surface area (Å²) in [6.45, 7) is 1.90. The van der Waals surface area contributed by atoms with E-state index in [4.69, 9.17) is 21.5 Å². The van der Waals surface area contributed by atoms with Gasteiger partial charge in [-0.05, 0) is 37.1 Å². The van der Waals surface area contributed by atoms with Crippen LogP contribution in [0.1, 0.15) is 33.6 Å². The summed E-state index contributed by atoms with van der Waals surface area (Å²) in [6.07, 6.45) is -3.12. The summed E-state index contributed by atoms with van der Waals surface area (Å²) in [4.78, 5) is 34.6. The number of fused-ring (bicyclic) bond motifs is 1. The van der Waals surface area contributed by atoms with Crippen molar-refractivity contribution in [2.24, 2.45) is 0 Å². The molecule has 2 heterocycles. The number of rotatable bonds is 2. The minimum Gasteiger partial charge on any atom is -0.475 e. The molecule has 1 aromatic rings. The smallest absolute Gasteiger partial charge is 0.475 e. The van der Waals surface area contributed by atoms with Crippen molar-refractivity contribution in [3.63, 3.8) is 0 Å². The molecular formula is C17H16ClF3N2O4. The van der Waals surface area contributed by atoms with E-state index >= 15 is 0 Å². The number of piperidine rings is 1. The summed E-state index contributed by atoms with van der Waals surface area (Å²) in [5, 5.41) is 11.0. The average molecular weight is 405 g/mol. The molecule has 0 atom stereocenters. The Labute approximate surface area is 157 Å². The highest BCUT2D eigenvalue weighted by Crippen LogP contribution is 2.26. The van der Waals surface area contributed by atoms with E-state index in [1.165, 1.54) is 4.90 Å². The van der Waals surface area contributed by atoms with Gasteiger partial charge < -0.3 is 10.4 Å². The summed E-state index contributed by atoms with van der Waals surface area (Å²) >= 11 is 6.31. The first-order chi connectivity index (χ1) is 12.6. The van der Waals surface area contributed by atoms with Gasteiger partial charge in [0.1, 0.15) is 0 Å². The van der Waals surface area contributed by atoms with Crippen molar-refractivity contribution < 1.29 is 32.7 Å². The van der Waals surface area contributed by atoms with Gasteiger partial charge in [0.2, 0.25) is 0 Å². The highest BCUT2D eigenvalue weighted by Gasteiger charge is 2.38. The lowest BCUT2D eigenvalue weighted by atomic mass is 10.1. The van der Waals surface area contributed by atoms with Crippen molar-refractivity contribution in [2.75, 3.05) is 19.6 Å². The fraction of sp³-hybridized carbons (Fsp3) is 0.353. The van der Waals surface area contributed by atoms with E-state index in [9.17, 15) is 22.8 Å². The number of nitrogens with zero attached hydrogens (tertiary/aromatic N) is 1. The van der Waals surface area contributed by atoms with Crippen LogP contribution in [0.25, 0.3) is 0 Å². The lowest BCUT2D eigenvalue weighted by Crippen LogP contribution is -2.32. The SMILES string of the molecule is O=C(O)C(F)(F)F.O=C1c2ccccc2C(=O)N1C/C(Cl)=C1/CCCNC1. The molecule has 1 fully saturated rings. The summed E-state index contributed by atoms with van der Waals surface area (Å²) in [5.41, 5.74) is 2.02. The molecule has 0 unspecified atom stereocenters. The van der Waals surface area contributed by atoms with Gasteiger partial charge in [-0.25, -0.2) is 4.79 Å². The van der Waals surface area contributed by atoms with Crippen LogP contribution in [0.15, 0.2) is 34.9 Å². The van der Waals surface area contributed by atoms with Gasteiger partial charge in [-0.1, -0.05) is 23.7 Å². The quantitative estimate of drug-likeness (QED) is 0.740. The second-order valence-corrected chi connectivity index (χ2v) is 6.29. The number of alkyl halides is 3. The molecule has 0 spiro atoms. The molecule has 0 aliphatic carbocycles. The number of halogens is 4. The van der Waals surface area contributed by atoms with Crippen LogP contribution in [0.4, 0.5) is 13.2 Å². The van der Waals surface area contributed by atoms with E-state index < -0.39 is 12.1 Å². The molecular weight excluding hydrogens is 389 g/mol. The number of carboxylic acid groups (broad SMARTS) is 1. The van der Waals surface area contributed by atoms with E-state index in [0.717, 1.165) is 31.5 Å². The summed E-state index contributed by atoms with van der Waals surface area (Å²) in [5.74, 6) is -3.27. The third-order valence-corrected chi connectivity index (χ3v) is 4.36. The molecule has 1 aromatic carbocycles. The fourth-order valence-electron chi connectivity index (χ4n) is 2.62. The molecule has 6 nitrogen and oxygen atoms in total. The number of hydrogen-bond acceptors (Lipinski definition) is 4. The molecule has 2 aliphatic rings. The van der Waals surface area contributed by atoms with Crippen LogP contribution < -0.4 is 5.32 Å². The normalized spacial score (nSPS) is 18.6. The Balaban J connectivity index is 0.000000321. The van der Waals surface area contributed by atoms with E-state index in [2.05, 4.69) is 5.32 Å². The maximum absolute atomic E-state index is 12.2. The van der Waals surface area contributed by atoms with Gasteiger partial charge in [0.05, 0.1) is 17.7 Å². The zero-order valence-corrected chi connectivity index (χ0v) is 14.7. The molecule has 2 N–H and O–H groups in total. The van der Waals surface area contributed by atoms with Crippen molar-refractivity contribution in [3.8, 4) is 0 Å². The van der Waals surface area contributed by atoms with Gasteiger partial charge in [0, 0.05) is 11.6 Å². The number of carbonyl (C=O) groups is 3. The molecule has 0 saturated carbocycles. The van der Waals surface area contributed by atoms with Crippen molar-refractivity contribution in [1.82, 2.24) is 10.2 Å². The Morgan fingerprint density at radius 1 is 1.19 bits per heavy atom. The molecule has 3 rings (SSSR count). The topological polar surface area (TPSA) is 86.7 Å². The number of aliphatic carboxylic acids is 1. The van der Waals surface area contributed by atoms with Crippen molar-refractivity contribution in [2.45, 2.75) is 19.0 Å². The summed E-state index contributed by atoms with van der Waals surface area (Å²) in [7, 11) is 0. The zero-order chi connectivity index (χ0) is 20.2. The first-order valence-corrected chi connectivity index (χ1v) is 8.33. The van der Waals surface area contributed by atoms with Gasteiger partial charge in [-0.2, -0.15) is 13.2 Å². The average Bonchev–Trinajstić information content (AvgIpc) is 2.87. The van der Waals surface area contributed by atoms with E-state index in [1.54, 1.807) is 24.3 Å². The maximum Gasteiger partial charge on any atom is 0.490 e. The van der Waals surface area contributed by atoms with E-state index in [1.807, 2.05) is 0 Å². The van der Waals surface area contributed by atoms with Crippen LogP contribution in [0, 0.1) is 0 Å². The van der Waals surface area contributed by atoms with Gasteiger partial charge in [0.15, 0.2) is 0 Å². The predicted molar refractivity (Wildman–Crippen MR) is 90.5 cm³/mol. The van der Waals surface area contributed by atoms with E-state index in [0.29, 0.717) is 16.2 Å². The number of nitrogens with one attached hydrogen (secondary N) is 1. The highest BCUT2D eigenvalue weighted by molar-refractivity contribution is 6.31. The summed E-state index contributed by atoms with van der Waals surface area (Å²) in [6, 6.07) is 6.88. The van der Waals surface area contributed by atoms with Crippen LogP contribution >= 0.6 is 11.6 Å². The van der Waals surface area contributed by atoms with Crippen LogP contribution in [0.2, 0.25) is 0 Å². The van der Waals surface area contributed by atoms with Gasteiger partial charge >= 0.3 is 12.1 Å². The third-order valence-electron chi connectivity index (χ3n) is 3.97. The standard InChI is InChI=1S/C15H15ClN2O2.C2HF3O2/c16-13(10-4-3-7-17-8-10)9-18-14(19)11-5-1-2-6-12(11)15(18)20;3-2(4,5)1(6)7/h1-2,5-6,17H,3-4,7-9H2;(H,6,7)/b13-10+;. The molecule has 0 aromatic heterocycles. The Morgan fingerprint density at radius 3 is 2.11 bits per heavy atom. The monoisotopic (exact) mass is 404 g/mol. The Kier molecular flexibility index (Phi) is 6.61. The number of amides is 2. The van der Waals surface area contributed by atoms with Crippen molar-refractivity contribution in [3.05, 3.63) is 46.0 Å². The van der Waals surface area contributed by atoms with Gasteiger partial charge in [0.25, 0.3) is 11.8 Å². The van der Waals surface area contributed by atoms with Crippen LogP contribution in [0.3, 0.4) is 0 Å². The summed E-state index contributed by atoms with van der Waals surface area (Å²) < 4.78 is 31.7. The van der Waals surface area contributed by atoms with E-state index in [-0.39, 0.29) is 18.4 Å². The van der Waals surface area contributed by atoms with Gasteiger partial charge in [-0.3, -0.25) is 14.5 Å². The molecule has 2 amide bonds. The molecule has 146 valence electrons. The fourth-order valence-corrected chi connectivity index (χ4v) is 2.90.